The predicted molar refractivity (Wildman–Crippen MR) is 81.4 cm³/mol. The Morgan fingerprint density at radius 1 is 1.14 bits per heavy atom. The maximum atomic E-state index is 12.1. The van der Waals surface area contributed by atoms with Crippen molar-refractivity contribution < 1.29 is 13.5 Å². The molecular formula is C16H15F2NOS. The zero-order valence-corrected chi connectivity index (χ0v) is 12.1. The summed E-state index contributed by atoms with van der Waals surface area (Å²) in [5.41, 5.74) is 2.31. The highest BCUT2D eigenvalue weighted by Gasteiger charge is 2.21. The lowest BCUT2D eigenvalue weighted by Crippen LogP contribution is -2.15. The van der Waals surface area contributed by atoms with Crippen molar-refractivity contribution in [2.24, 2.45) is 0 Å². The van der Waals surface area contributed by atoms with E-state index in [0.29, 0.717) is 5.25 Å². The highest BCUT2D eigenvalue weighted by molar-refractivity contribution is 8.00. The molecule has 2 aromatic rings. The van der Waals surface area contributed by atoms with Gasteiger partial charge in [0.25, 0.3) is 0 Å². The molecule has 3 rings (SSSR count). The van der Waals surface area contributed by atoms with Crippen LogP contribution < -0.4 is 10.1 Å². The molecule has 0 aromatic heterocycles. The number of nitrogens with one attached hydrogen (secondary N) is 1. The second-order valence-electron chi connectivity index (χ2n) is 4.84. The number of hydrogen-bond donors (Lipinski definition) is 1. The second-order valence-corrected chi connectivity index (χ2v) is 6.18. The highest BCUT2D eigenvalue weighted by Crippen LogP contribution is 2.36. The third-order valence-electron chi connectivity index (χ3n) is 3.33. The molecule has 5 heteroatoms. The van der Waals surface area contributed by atoms with Gasteiger partial charge in [0, 0.05) is 22.4 Å². The van der Waals surface area contributed by atoms with Gasteiger partial charge in [0.05, 0.1) is 0 Å². The Morgan fingerprint density at radius 3 is 2.62 bits per heavy atom. The van der Waals surface area contributed by atoms with Crippen LogP contribution in [0.15, 0.2) is 53.4 Å². The van der Waals surface area contributed by atoms with E-state index < -0.39 is 6.61 Å². The van der Waals surface area contributed by atoms with E-state index in [1.807, 2.05) is 11.8 Å². The Bertz CT molecular complexity index is 578. The van der Waals surface area contributed by atoms with Crippen LogP contribution in [-0.2, 0) is 6.42 Å². The predicted octanol–water partition coefficient (Wildman–Crippen LogP) is 4.42. The summed E-state index contributed by atoms with van der Waals surface area (Å²) >= 11 is 1.88. The summed E-state index contributed by atoms with van der Waals surface area (Å²) in [6, 6.07) is 15.0. The summed E-state index contributed by atoms with van der Waals surface area (Å²) in [5, 5.41) is 3.84. The molecule has 2 nitrogen and oxygen atoms in total. The molecule has 0 radical (unpaired) electrons. The third-order valence-corrected chi connectivity index (χ3v) is 4.65. The molecule has 1 aliphatic rings. The number of anilines is 1. The van der Waals surface area contributed by atoms with Crippen molar-refractivity contribution in [2.75, 3.05) is 11.9 Å². The highest BCUT2D eigenvalue weighted by atomic mass is 32.2. The fraction of sp³-hybridized carbons (Fsp3) is 0.250. The second kappa shape index (κ2) is 6.35. The van der Waals surface area contributed by atoms with Gasteiger partial charge in [0.2, 0.25) is 0 Å². The van der Waals surface area contributed by atoms with E-state index in [9.17, 15) is 8.78 Å². The van der Waals surface area contributed by atoms with E-state index >= 15 is 0 Å². The minimum absolute atomic E-state index is 0.179. The van der Waals surface area contributed by atoms with Crippen molar-refractivity contribution in [3.63, 3.8) is 0 Å². The van der Waals surface area contributed by atoms with Gasteiger partial charge in [0.1, 0.15) is 5.75 Å². The van der Waals surface area contributed by atoms with Crippen molar-refractivity contribution in [3.05, 3.63) is 54.1 Å². The van der Waals surface area contributed by atoms with Crippen LogP contribution in [0.5, 0.6) is 5.75 Å². The van der Waals surface area contributed by atoms with Crippen LogP contribution in [0.25, 0.3) is 0 Å². The molecule has 1 heterocycles. The molecule has 0 saturated carbocycles. The van der Waals surface area contributed by atoms with Gasteiger partial charge >= 0.3 is 6.61 Å². The molecule has 0 amide bonds. The van der Waals surface area contributed by atoms with Crippen LogP contribution in [0.4, 0.5) is 14.5 Å². The van der Waals surface area contributed by atoms with Gasteiger partial charge < -0.3 is 10.1 Å². The fourth-order valence-electron chi connectivity index (χ4n) is 2.35. The largest absolute Gasteiger partial charge is 0.435 e. The topological polar surface area (TPSA) is 21.3 Å². The Hall–Kier alpha value is -1.75. The normalized spacial score (nSPS) is 16.8. The Balaban J connectivity index is 1.52. The van der Waals surface area contributed by atoms with Gasteiger partial charge in [-0.15, -0.1) is 11.8 Å². The van der Waals surface area contributed by atoms with Crippen molar-refractivity contribution >= 4 is 17.4 Å². The van der Waals surface area contributed by atoms with Crippen LogP contribution >= 0.6 is 11.8 Å². The molecule has 2 aromatic carbocycles. The maximum Gasteiger partial charge on any atom is 0.387 e. The van der Waals surface area contributed by atoms with Gasteiger partial charge in [-0.05, 0) is 42.3 Å². The standard InChI is InChI=1S/C16H15F2NOS/c17-16(18)20-13-7-5-12(6-8-13)19-10-14-9-11-3-1-2-4-15(11)21-14/h1-8,14,16,19H,9-10H2. The molecule has 0 saturated heterocycles. The van der Waals surface area contributed by atoms with Crippen LogP contribution in [0.3, 0.4) is 0 Å². The lowest BCUT2D eigenvalue weighted by atomic mass is 10.1. The summed E-state index contributed by atoms with van der Waals surface area (Å²) in [4.78, 5) is 1.35. The molecule has 0 aliphatic carbocycles. The van der Waals surface area contributed by atoms with Crippen LogP contribution in [-0.4, -0.2) is 18.4 Å². The van der Waals surface area contributed by atoms with Crippen molar-refractivity contribution in [1.29, 1.82) is 0 Å². The number of hydrogen-bond acceptors (Lipinski definition) is 3. The van der Waals surface area contributed by atoms with Gasteiger partial charge in [-0.25, -0.2) is 0 Å². The van der Waals surface area contributed by atoms with E-state index in [1.54, 1.807) is 24.3 Å². The number of rotatable bonds is 5. The summed E-state index contributed by atoms with van der Waals surface area (Å²) in [6.45, 7) is -1.94. The first-order valence-electron chi connectivity index (χ1n) is 6.74. The van der Waals surface area contributed by atoms with Crippen molar-refractivity contribution in [3.8, 4) is 5.75 Å². The lowest BCUT2D eigenvalue weighted by molar-refractivity contribution is -0.0498. The van der Waals surface area contributed by atoms with E-state index in [2.05, 4.69) is 34.3 Å². The average Bonchev–Trinajstić information content (AvgIpc) is 2.89. The molecule has 0 bridgehead atoms. The number of thioether (sulfide) groups is 1. The quantitative estimate of drug-likeness (QED) is 0.883. The van der Waals surface area contributed by atoms with E-state index in [1.165, 1.54) is 10.5 Å². The summed E-state index contributed by atoms with van der Waals surface area (Å²) in [6.07, 6.45) is 1.06. The number of fused-ring (bicyclic) bond motifs is 1. The molecule has 0 fully saturated rings. The minimum atomic E-state index is -2.78. The minimum Gasteiger partial charge on any atom is -0.435 e. The van der Waals surface area contributed by atoms with Crippen LogP contribution in [0.1, 0.15) is 5.56 Å². The Labute approximate surface area is 126 Å². The number of halogens is 2. The van der Waals surface area contributed by atoms with E-state index in [0.717, 1.165) is 18.7 Å². The van der Waals surface area contributed by atoms with Gasteiger partial charge in [0.15, 0.2) is 0 Å². The van der Waals surface area contributed by atoms with E-state index in [4.69, 9.17) is 0 Å². The Morgan fingerprint density at radius 2 is 1.90 bits per heavy atom. The first kappa shape index (κ1) is 14.2. The molecule has 21 heavy (non-hydrogen) atoms. The zero-order chi connectivity index (χ0) is 14.7. The van der Waals surface area contributed by atoms with Crippen LogP contribution in [0, 0.1) is 0 Å². The number of benzene rings is 2. The summed E-state index contributed by atoms with van der Waals surface area (Å²) < 4.78 is 28.4. The van der Waals surface area contributed by atoms with E-state index in [-0.39, 0.29) is 5.75 Å². The SMILES string of the molecule is FC(F)Oc1ccc(NCC2Cc3ccccc3S2)cc1. The smallest absolute Gasteiger partial charge is 0.387 e. The van der Waals surface area contributed by atoms with Gasteiger partial charge in [-0.1, -0.05) is 18.2 Å². The van der Waals surface area contributed by atoms with Crippen molar-refractivity contribution in [1.82, 2.24) is 0 Å². The summed E-state index contributed by atoms with van der Waals surface area (Å²) in [5.74, 6) is 0.179. The monoisotopic (exact) mass is 307 g/mol. The molecule has 1 aliphatic heterocycles. The van der Waals surface area contributed by atoms with Crippen LogP contribution in [0.2, 0.25) is 0 Å². The maximum absolute atomic E-state index is 12.1. The molecular weight excluding hydrogens is 292 g/mol. The lowest BCUT2D eigenvalue weighted by Gasteiger charge is -2.12. The zero-order valence-electron chi connectivity index (χ0n) is 11.3. The molecule has 110 valence electrons. The van der Waals surface area contributed by atoms with Gasteiger partial charge in [-0.2, -0.15) is 8.78 Å². The first-order chi connectivity index (χ1) is 10.2. The third kappa shape index (κ3) is 3.67. The fourth-order valence-corrected chi connectivity index (χ4v) is 3.60. The number of ether oxygens (including phenoxy) is 1. The summed E-state index contributed by atoms with van der Waals surface area (Å²) in [7, 11) is 0. The van der Waals surface area contributed by atoms with Gasteiger partial charge in [-0.3, -0.25) is 0 Å². The molecule has 1 unspecified atom stereocenters. The van der Waals surface area contributed by atoms with Crippen molar-refractivity contribution in [2.45, 2.75) is 23.2 Å². The first-order valence-corrected chi connectivity index (χ1v) is 7.62. The Kier molecular flexibility index (Phi) is 4.29. The molecule has 1 N–H and O–H groups in total. The molecule has 0 spiro atoms. The average molecular weight is 307 g/mol. The number of alkyl halides is 2. The molecule has 1 atom stereocenters.